The Balaban J connectivity index is 4.16. The molecule has 0 atom stereocenters. The third-order valence-corrected chi connectivity index (χ3v) is 1.51. The predicted octanol–water partition coefficient (Wildman–Crippen LogP) is 3.37. The Morgan fingerprint density at radius 2 is 2.00 bits per heavy atom. The highest BCUT2D eigenvalue weighted by Gasteiger charge is 1.93. The van der Waals surface area contributed by atoms with Crippen LogP contribution in [0.1, 0.15) is 13.8 Å². The number of thiocarbonyl (C=S) groups is 1. The summed E-state index contributed by atoms with van der Waals surface area (Å²) in [6, 6.07) is 0. The molecular weight excluding hydrogens is 166 g/mol. The van der Waals surface area contributed by atoms with Gasteiger partial charge >= 0.3 is 0 Å². The van der Waals surface area contributed by atoms with E-state index in [1.165, 1.54) is 0 Å². The lowest BCUT2D eigenvalue weighted by Crippen LogP contribution is -1.87. The van der Waals surface area contributed by atoms with Crippen LogP contribution in [0.4, 0.5) is 0 Å². The quantitative estimate of drug-likeness (QED) is 0.366. The van der Waals surface area contributed by atoms with Gasteiger partial charge in [-0.3, -0.25) is 0 Å². The van der Waals surface area contributed by atoms with Gasteiger partial charge in [0.15, 0.2) is 0 Å². The second-order valence-corrected chi connectivity index (χ2v) is 2.94. The lowest BCUT2D eigenvalue weighted by Gasteiger charge is -2.01. The van der Waals surface area contributed by atoms with Gasteiger partial charge in [0.2, 0.25) is 0 Å². The van der Waals surface area contributed by atoms with Gasteiger partial charge in [-0.1, -0.05) is 38.7 Å². The molecule has 0 aliphatic heterocycles. The Morgan fingerprint density at radius 3 is 2.42 bits per heavy atom. The molecule has 0 fully saturated rings. The third-order valence-electron chi connectivity index (χ3n) is 1.42. The first-order valence-electron chi connectivity index (χ1n) is 3.71. The summed E-state index contributed by atoms with van der Waals surface area (Å²) in [6.45, 7) is 11.7. The summed E-state index contributed by atoms with van der Waals surface area (Å²) in [7, 11) is 0. The van der Waals surface area contributed by atoms with E-state index in [1.807, 2.05) is 6.08 Å². The van der Waals surface area contributed by atoms with Crippen LogP contribution in [-0.2, 0) is 0 Å². The van der Waals surface area contributed by atoms with E-state index in [1.54, 1.807) is 6.08 Å². The van der Waals surface area contributed by atoms with E-state index >= 15 is 0 Å². The SMILES string of the molecule is C=C(/C=C\C(=C)C(C)C)N=C=S. The first-order valence-corrected chi connectivity index (χ1v) is 4.12. The zero-order valence-corrected chi connectivity index (χ0v) is 8.32. The summed E-state index contributed by atoms with van der Waals surface area (Å²) in [5, 5.41) is 2.25. The molecule has 0 saturated heterocycles. The molecule has 0 spiro atoms. The van der Waals surface area contributed by atoms with Crippen molar-refractivity contribution in [1.82, 2.24) is 0 Å². The van der Waals surface area contributed by atoms with Gasteiger partial charge < -0.3 is 0 Å². The Bertz CT molecular complexity index is 255. The molecule has 2 heteroatoms. The average Bonchev–Trinajstić information content (AvgIpc) is 2.00. The van der Waals surface area contributed by atoms with E-state index in [9.17, 15) is 0 Å². The maximum absolute atomic E-state index is 4.43. The fourth-order valence-electron chi connectivity index (χ4n) is 0.492. The number of hydrogen-bond acceptors (Lipinski definition) is 2. The number of isothiocyanates is 1. The third kappa shape index (κ3) is 4.78. The van der Waals surface area contributed by atoms with Crippen LogP contribution in [-0.4, -0.2) is 5.16 Å². The summed E-state index contributed by atoms with van der Waals surface area (Å²) in [6.07, 6.45) is 3.67. The van der Waals surface area contributed by atoms with Gasteiger partial charge in [0, 0.05) is 0 Å². The largest absolute Gasteiger partial charge is 0.195 e. The van der Waals surface area contributed by atoms with Gasteiger partial charge in [-0.2, -0.15) is 4.99 Å². The molecule has 0 aromatic rings. The Labute approximate surface area is 79.2 Å². The van der Waals surface area contributed by atoms with Crippen molar-refractivity contribution in [3.05, 3.63) is 36.6 Å². The Kier molecular flexibility index (Phi) is 5.18. The van der Waals surface area contributed by atoms with Crippen molar-refractivity contribution in [1.29, 1.82) is 0 Å². The zero-order valence-electron chi connectivity index (χ0n) is 7.50. The Hall–Kier alpha value is -0.980. The molecule has 0 aromatic heterocycles. The van der Waals surface area contributed by atoms with Gasteiger partial charge in [-0.25, -0.2) is 0 Å². The molecule has 0 rings (SSSR count). The number of aliphatic imine (C=N–C) groups is 1. The average molecular weight is 179 g/mol. The normalized spacial score (nSPS) is 9.92. The van der Waals surface area contributed by atoms with E-state index < -0.39 is 0 Å². The zero-order chi connectivity index (χ0) is 9.56. The molecule has 12 heavy (non-hydrogen) atoms. The monoisotopic (exact) mass is 179 g/mol. The lowest BCUT2D eigenvalue weighted by molar-refractivity contribution is 0.795. The highest BCUT2D eigenvalue weighted by Crippen LogP contribution is 2.08. The van der Waals surface area contributed by atoms with Crippen LogP contribution in [0, 0.1) is 5.92 Å². The molecule has 0 aliphatic carbocycles. The maximum atomic E-state index is 4.43. The molecule has 0 radical (unpaired) electrons. The van der Waals surface area contributed by atoms with Gasteiger partial charge in [0.1, 0.15) is 0 Å². The first-order chi connectivity index (χ1) is 5.57. The molecule has 0 bridgehead atoms. The summed E-state index contributed by atoms with van der Waals surface area (Å²) < 4.78 is 0. The molecule has 0 heterocycles. The van der Waals surface area contributed by atoms with E-state index in [-0.39, 0.29) is 0 Å². The topological polar surface area (TPSA) is 12.4 Å². The molecule has 64 valence electrons. The van der Waals surface area contributed by atoms with Crippen molar-refractivity contribution in [2.45, 2.75) is 13.8 Å². The van der Waals surface area contributed by atoms with E-state index in [0.29, 0.717) is 11.6 Å². The van der Waals surface area contributed by atoms with Crippen LogP contribution in [0.2, 0.25) is 0 Å². The molecule has 1 nitrogen and oxygen atoms in total. The number of allylic oxidation sites excluding steroid dienone is 3. The van der Waals surface area contributed by atoms with E-state index in [2.05, 4.69) is 49.4 Å². The van der Waals surface area contributed by atoms with Crippen molar-refractivity contribution in [2.24, 2.45) is 10.9 Å². The van der Waals surface area contributed by atoms with Crippen LogP contribution in [0.15, 0.2) is 41.6 Å². The minimum absolute atomic E-state index is 0.450. The van der Waals surface area contributed by atoms with Crippen LogP contribution < -0.4 is 0 Å². The molecule has 0 aliphatic rings. The second-order valence-electron chi connectivity index (χ2n) is 2.76. The molecule has 0 N–H and O–H groups in total. The standard InChI is InChI=1S/C10H13NS/c1-8(2)9(3)5-6-10(4)11-7-12/h5-6,8H,3-4H2,1-2H3/b6-5-. The van der Waals surface area contributed by atoms with Crippen LogP contribution in [0.25, 0.3) is 0 Å². The van der Waals surface area contributed by atoms with Crippen LogP contribution in [0.3, 0.4) is 0 Å². The predicted molar refractivity (Wildman–Crippen MR) is 57.3 cm³/mol. The molecular formula is C10H13NS. The second kappa shape index (κ2) is 5.64. The summed E-state index contributed by atoms with van der Waals surface area (Å²) in [4.78, 5) is 3.70. The van der Waals surface area contributed by atoms with Crippen molar-refractivity contribution in [3.63, 3.8) is 0 Å². The lowest BCUT2D eigenvalue weighted by atomic mass is 10.1. The van der Waals surface area contributed by atoms with E-state index in [4.69, 9.17) is 0 Å². The first kappa shape index (κ1) is 11.0. The maximum Gasteiger partial charge on any atom is 0.0667 e. The van der Waals surface area contributed by atoms with Crippen molar-refractivity contribution < 1.29 is 0 Å². The minimum Gasteiger partial charge on any atom is -0.195 e. The Morgan fingerprint density at radius 1 is 1.42 bits per heavy atom. The van der Waals surface area contributed by atoms with Gasteiger partial charge in [0.25, 0.3) is 0 Å². The summed E-state index contributed by atoms with van der Waals surface area (Å²) in [5.41, 5.74) is 1.66. The smallest absolute Gasteiger partial charge is 0.0667 e. The van der Waals surface area contributed by atoms with Crippen molar-refractivity contribution >= 4 is 17.4 Å². The number of nitrogens with zero attached hydrogens (tertiary/aromatic N) is 1. The fraction of sp³-hybridized carbons (Fsp3) is 0.300. The van der Waals surface area contributed by atoms with Gasteiger partial charge in [-0.05, 0) is 24.2 Å². The molecule has 0 amide bonds. The highest BCUT2D eigenvalue weighted by atomic mass is 32.1. The number of hydrogen-bond donors (Lipinski definition) is 0. The summed E-state index contributed by atoms with van der Waals surface area (Å²) in [5.74, 6) is 0.450. The number of rotatable bonds is 4. The van der Waals surface area contributed by atoms with E-state index in [0.717, 1.165) is 5.57 Å². The van der Waals surface area contributed by atoms with Crippen LogP contribution in [0.5, 0.6) is 0 Å². The van der Waals surface area contributed by atoms with Crippen molar-refractivity contribution in [2.75, 3.05) is 0 Å². The minimum atomic E-state index is 0.450. The van der Waals surface area contributed by atoms with Gasteiger partial charge in [-0.15, -0.1) is 0 Å². The van der Waals surface area contributed by atoms with Crippen molar-refractivity contribution in [3.8, 4) is 0 Å². The molecule has 0 saturated carbocycles. The van der Waals surface area contributed by atoms with Gasteiger partial charge in [0.05, 0.1) is 10.9 Å². The van der Waals surface area contributed by atoms with Crippen LogP contribution >= 0.6 is 12.2 Å². The summed E-state index contributed by atoms with van der Waals surface area (Å²) >= 11 is 4.43. The fourth-order valence-corrected chi connectivity index (χ4v) is 0.609. The molecule has 0 aromatic carbocycles. The molecule has 0 unspecified atom stereocenters. The highest BCUT2D eigenvalue weighted by molar-refractivity contribution is 7.78.